The van der Waals surface area contributed by atoms with Crippen LogP contribution < -0.4 is 0 Å². The molecule has 6 rings (SSSR count). The summed E-state index contributed by atoms with van der Waals surface area (Å²) in [5.41, 5.74) is -0.405. The smallest absolute Gasteiger partial charge is 0.187 e. The van der Waals surface area contributed by atoms with E-state index in [1.807, 2.05) is 6.92 Å². The van der Waals surface area contributed by atoms with E-state index in [9.17, 15) is 46.0 Å². The summed E-state index contributed by atoms with van der Waals surface area (Å²) in [5.74, 6) is 0.445. The molecule has 13 heteroatoms. The van der Waals surface area contributed by atoms with Crippen molar-refractivity contribution < 1.29 is 64.9 Å². The molecule has 0 radical (unpaired) electrons. The molecule has 20 atom stereocenters. The summed E-state index contributed by atoms with van der Waals surface area (Å²) < 4.78 is 24.4. The number of rotatable bonds is 10. The first-order chi connectivity index (χ1) is 25.6. The quantitative estimate of drug-likeness (QED) is 0.115. The van der Waals surface area contributed by atoms with E-state index in [4.69, 9.17) is 18.9 Å². The van der Waals surface area contributed by atoms with Gasteiger partial charge in [0.1, 0.15) is 48.8 Å². The monoisotopic (exact) mass is 784 g/mol. The van der Waals surface area contributed by atoms with E-state index in [1.54, 1.807) is 0 Å². The molecule has 55 heavy (non-hydrogen) atoms. The van der Waals surface area contributed by atoms with Gasteiger partial charge in [-0.15, -0.1) is 0 Å². The van der Waals surface area contributed by atoms with Gasteiger partial charge in [-0.3, -0.25) is 0 Å². The minimum absolute atomic E-state index is 0.00798. The van der Waals surface area contributed by atoms with E-state index in [-0.39, 0.29) is 39.9 Å². The van der Waals surface area contributed by atoms with E-state index >= 15 is 0 Å². The van der Waals surface area contributed by atoms with Crippen LogP contribution in [0.5, 0.6) is 0 Å². The van der Waals surface area contributed by atoms with Crippen LogP contribution in [-0.4, -0.2) is 138 Å². The molecule has 0 aromatic carbocycles. The van der Waals surface area contributed by atoms with Crippen molar-refractivity contribution in [2.75, 3.05) is 13.2 Å². The lowest BCUT2D eigenvalue weighted by Crippen LogP contribution is -2.68. The fraction of sp³-hybridized carbons (Fsp3) is 0.952. The molecule has 0 aromatic heterocycles. The molecule has 0 aromatic rings. The fourth-order valence-corrected chi connectivity index (χ4v) is 13.3. The minimum atomic E-state index is -1.75. The van der Waals surface area contributed by atoms with Crippen molar-refractivity contribution in [2.45, 2.75) is 192 Å². The lowest BCUT2D eigenvalue weighted by atomic mass is 9.35. The maximum absolute atomic E-state index is 12.2. The maximum atomic E-state index is 12.2. The molecule has 4 aliphatic carbocycles. The number of hydrogen-bond donors (Lipinski definition) is 9. The zero-order valence-electron chi connectivity index (χ0n) is 34.3. The summed E-state index contributed by atoms with van der Waals surface area (Å²) in [4.78, 5) is 0. The number of aliphatic hydroxyl groups excluding tert-OH is 8. The third-order valence-electron chi connectivity index (χ3n) is 16.6. The van der Waals surface area contributed by atoms with Crippen LogP contribution in [0.3, 0.4) is 0 Å². The summed E-state index contributed by atoms with van der Waals surface area (Å²) in [6.07, 6.45) is -6.48. The molecule has 2 saturated heterocycles. The Morgan fingerprint density at radius 3 is 1.95 bits per heavy atom. The van der Waals surface area contributed by atoms with Crippen LogP contribution in [0.4, 0.5) is 0 Å². The van der Waals surface area contributed by atoms with Gasteiger partial charge in [0.2, 0.25) is 0 Å². The van der Waals surface area contributed by atoms with Gasteiger partial charge in [-0.25, -0.2) is 0 Å². The van der Waals surface area contributed by atoms with Crippen molar-refractivity contribution in [3.05, 3.63) is 11.6 Å². The maximum Gasteiger partial charge on any atom is 0.187 e. The highest BCUT2D eigenvalue weighted by atomic mass is 16.8. The van der Waals surface area contributed by atoms with Crippen molar-refractivity contribution in [3.8, 4) is 0 Å². The zero-order chi connectivity index (χ0) is 40.6. The van der Waals surface area contributed by atoms with Gasteiger partial charge in [-0.1, -0.05) is 46.3 Å². The molecular weight excluding hydrogens is 712 g/mol. The molecule has 0 spiro atoms. The van der Waals surface area contributed by atoms with Gasteiger partial charge in [0.25, 0.3) is 0 Å². The summed E-state index contributed by atoms with van der Waals surface area (Å²) in [6.45, 7) is 16.5. The molecule has 0 bridgehead atoms. The Bertz CT molecular complexity index is 1370. The highest BCUT2D eigenvalue weighted by molar-refractivity contribution is 5.20. The van der Waals surface area contributed by atoms with Gasteiger partial charge in [0, 0.05) is 0 Å². The van der Waals surface area contributed by atoms with Crippen molar-refractivity contribution >= 4 is 0 Å². The standard InChI is InChI=1S/C42H72O13/c1-21(2)10-9-14-42(8,51)22-11-16-41(7)29(22)23(45)18-27-39(5)15-13-28(38(3,4)26(39)12-17-40(27,41)6)54-37-35(33(49)31(47)25(20-44)53-37)55-36-34(50)32(48)30(46)24(19-43)52-36/h10,22-37,43-51H,9,11-20H2,1-8H3/t22-,23+,24-,25+,26+,27+,28+,29-,30-,31+,32+,33-,34-,35+,36+,37+,39-,40+,41+,42-/m0/s1. The van der Waals surface area contributed by atoms with E-state index in [0.29, 0.717) is 19.3 Å². The van der Waals surface area contributed by atoms with Crippen molar-refractivity contribution in [1.29, 1.82) is 0 Å². The van der Waals surface area contributed by atoms with Crippen LogP contribution in [0.1, 0.15) is 113 Å². The largest absolute Gasteiger partial charge is 0.394 e. The van der Waals surface area contributed by atoms with Gasteiger partial charge in [-0.2, -0.15) is 0 Å². The summed E-state index contributed by atoms with van der Waals surface area (Å²) in [7, 11) is 0. The molecule has 2 heterocycles. The van der Waals surface area contributed by atoms with Gasteiger partial charge >= 0.3 is 0 Å². The third kappa shape index (κ3) is 7.20. The summed E-state index contributed by atoms with van der Waals surface area (Å²) in [6, 6.07) is 0. The van der Waals surface area contributed by atoms with Crippen LogP contribution >= 0.6 is 0 Å². The molecule has 6 aliphatic rings. The number of hydrogen-bond acceptors (Lipinski definition) is 13. The highest BCUT2D eigenvalue weighted by Gasteiger charge is 2.71. The first-order valence-electron chi connectivity index (χ1n) is 20.9. The SMILES string of the molecule is CC(C)=CCC[C@](C)(O)[C@H]1CC[C@]2(C)[C@@H]1[C@H](O)C[C@@H]1[C@@]3(C)CC[C@@H](O[C@H]4O[C@H](CO)[C@@H](O)[C@H](O)[C@H]4O[C@H]4O[C@@H](CO)[C@H](O)[C@@H](O)[C@@H]4O)C(C)(C)[C@H]3CC[C@]12C. The van der Waals surface area contributed by atoms with E-state index in [1.165, 1.54) is 5.57 Å². The van der Waals surface area contributed by atoms with Crippen LogP contribution in [0.15, 0.2) is 11.6 Å². The minimum Gasteiger partial charge on any atom is -0.394 e. The lowest BCUT2D eigenvalue weighted by molar-refractivity contribution is -0.378. The molecule has 9 N–H and O–H groups in total. The zero-order valence-corrected chi connectivity index (χ0v) is 34.3. The molecule has 2 aliphatic heterocycles. The van der Waals surface area contributed by atoms with Crippen molar-refractivity contribution in [3.63, 3.8) is 0 Å². The van der Waals surface area contributed by atoms with Gasteiger partial charge in [0.15, 0.2) is 12.6 Å². The topological polar surface area (TPSA) is 219 Å². The number of fused-ring (bicyclic) bond motifs is 5. The first-order valence-corrected chi connectivity index (χ1v) is 20.9. The molecular formula is C42H72O13. The molecule has 318 valence electrons. The predicted molar refractivity (Wildman–Crippen MR) is 201 cm³/mol. The Hall–Kier alpha value is -0.780. The van der Waals surface area contributed by atoms with E-state index in [0.717, 1.165) is 38.5 Å². The normalized spacial score (nSPS) is 52.0. The average Bonchev–Trinajstić information content (AvgIpc) is 3.50. The number of aliphatic hydroxyl groups is 9. The van der Waals surface area contributed by atoms with Crippen molar-refractivity contribution in [1.82, 2.24) is 0 Å². The van der Waals surface area contributed by atoms with Crippen LogP contribution in [0.2, 0.25) is 0 Å². The van der Waals surface area contributed by atoms with Gasteiger partial charge in [-0.05, 0) is 124 Å². The molecule has 0 amide bonds. The Morgan fingerprint density at radius 2 is 1.33 bits per heavy atom. The van der Waals surface area contributed by atoms with Crippen molar-refractivity contribution in [2.24, 2.45) is 45.3 Å². The van der Waals surface area contributed by atoms with Gasteiger partial charge < -0.3 is 64.9 Å². The molecule has 6 fully saturated rings. The fourth-order valence-electron chi connectivity index (χ4n) is 13.3. The van der Waals surface area contributed by atoms with Crippen LogP contribution in [-0.2, 0) is 18.9 Å². The van der Waals surface area contributed by atoms with Gasteiger partial charge in [0.05, 0.1) is 31.0 Å². The lowest BCUT2D eigenvalue weighted by Gasteiger charge is -2.70. The summed E-state index contributed by atoms with van der Waals surface area (Å²) in [5, 5.41) is 97.4. The van der Waals surface area contributed by atoms with E-state index in [2.05, 4.69) is 54.5 Å². The Balaban J connectivity index is 1.23. The average molecular weight is 785 g/mol. The van der Waals surface area contributed by atoms with Crippen LogP contribution in [0, 0.1) is 45.3 Å². The number of ether oxygens (including phenoxy) is 4. The Kier molecular flexibility index (Phi) is 12.5. The predicted octanol–water partition coefficient (Wildman–Crippen LogP) is 2.15. The number of allylic oxidation sites excluding steroid dienone is 2. The second kappa shape index (κ2) is 15.7. The third-order valence-corrected chi connectivity index (χ3v) is 16.6. The first kappa shape index (κ1) is 43.8. The Morgan fingerprint density at radius 1 is 0.727 bits per heavy atom. The van der Waals surface area contributed by atoms with E-state index < -0.39 is 97.8 Å². The Labute approximate surface area is 327 Å². The molecule has 13 nitrogen and oxygen atoms in total. The highest BCUT2D eigenvalue weighted by Crippen LogP contribution is 2.76. The molecule has 0 unspecified atom stereocenters. The second-order valence-electron chi connectivity index (χ2n) is 20.1. The van der Waals surface area contributed by atoms with Crippen LogP contribution in [0.25, 0.3) is 0 Å². The molecule has 4 saturated carbocycles. The summed E-state index contributed by atoms with van der Waals surface area (Å²) >= 11 is 0. The second-order valence-corrected chi connectivity index (χ2v) is 20.1.